The van der Waals surface area contributed by atoms with Gasteiger partial charge in [-0.2, -0.15) is 0 Å². The molecule has 19 heavy (non-hydrogen) atoms. The Morgan fingerprint density at radius 1 is 1.47 bits per heavy atom. The maximum absolute atomic E-state index is 11.4. The summed E-state index contributed by atoms with van der Waals surface area (Å²) in [6, 6.07) is 7.57. The van der Waals surface area contributed by atoms with Crippen LogP contribution in [0.3, 0.4) is 0 Å². The van der Waals surface area contributed by atoms with E-state index in [1.54, 1.807) is 11.9 Å². The molecule has 0 saturated heterocycles. The van der Waals surface area contributed by atoms with Crippen molar-refractivity contribution in [3.05, 3.63) is 34.3 Å². The Balaban J connectivity index is 2.16. The molecule has 2 aromatic rings. The minimum absolute atomic E-state index is 0.0254. The lowest BCUT2D eigenvalue weighted by Gasteiger charge is -2.19. The van der Waals surface area contributed by atoms with Crippen molar-refractivity contribution in [2.75, 3.05) is 17.3 Å². The highest BCUT2D eigenvalue weighted by atomic mass is 35.5. The van der Waals surface area contributed by atoms with Gasteiger partial charge in [0.05, 0.1) is 17.9 Å². The van der Waals surface area contributed by atoms with Crippen LogP contribution in [0, 0.1) is 0 Å². The van der Waals surface area contributed by atoms with Crippen LogP contribution in [0.4, 0.5) is 11.4 Å². The molecule has 1 N–H and O–H groups in total. The van der Waals surface area contributed by atoms with Crippen LogP contribution in [0.15, 0.2) is 24.3 Å². The third-order valence-corrected chi connectivity index (χ3v) is 3.68. The minimum Gasteiger partial charge on any atom is -0.378 e. The molecule has 0 aliphatic heterocycles. The Kier molecular flexibility index (Phi) is 4.34. The average Bonchev–Trinajstić information content (AvgIpc) is 2.81. The first kappa shape index (κ1) is 13.8. The summed E-state index contributed by atoms with van der Waals surface area (Å²) in [5, 5.41) is 7.15. The van der Waals surface area contributed by atoms with Gasteiger partial charge in [-0.05, 0) is 12.1 Å². The number of hydrogen-bond acceptors (Lipinski definition) is 5. The zero-order valence-electron chi connectivity index (χ0n) is 10.6. The second kappa shape index (κ2) is 5.99. The predicted molar refractivity (Wildman–Crippen MR) is 77.8 cm³/mol. The topological polar surface area (TPSA) is 58.1 Å². The molecule has 2 rings (SSSR count). The number of nitrogens with one attached hydrogen (secondary N) is 1. The Labute approximate surface area is 120 Å². The van der Waals surface area contributed by atoms with Crippen molar-refractivity contribution in [1.29, 1.82) is 0 Å². The van der Waals surface area contributed by atoms with Crippen molar-refractivity contribution in [1.82, 2.24) is 9.59 Å². The molecule has 7 heteroatoms. The van der Waals surface area contributed by atoms with Gasteiger partial charge in [0.1, 0.15) is 10.0 Å². The highest BCUT2D eigenvalue weighted by molar-refractivity contribution is 7.10. The lowest BCUT2D eigenvalue weighted by atomic mass is 10.2. The molecule has 1 amide bonds. The normalized spacial score (nSPS) is 10.3. The number of anilines is 2. The number of halogens is 1. The van der Waals surface area contributed by atoms with E-state index >= 15 is 0 Å². The maximum atomic E-state index is 11.4. The summed E-state index contributed by atoms with van der Waals surface area (Å²) in [7, 11) is 1.74. The third kappa shape index (κ3) is 3.21. The molecular formula is C12H13ClN4OS. The number of hydrogen-bond donors (Lipinski definition) is 1. The van der Waals surface area contributed by atoms with Crippen LogP contribution in [-0.4, -0.2) is 22.5 Å². The molecule has 1 aromatic heterocycles. The minimum atomic E-state index is -0.0254. The average molecular weight is 297 g/mol. The molecule has 0 aliphatic carbocycles. The molecule has 1 aromatic carbocycles. The van der Waals surface area contributed by atoms with E-state index in [-0.39, 0.29) is 5.91 Å². The smallest absolute Gasteiger partial charge is 0.223 e. The molecule has 0 fully saturated rings. The van der Waals surface area contributed by atoms with Gasteiger partial charge in [0.15, 0.2) is 0 Å². The number of para-hydroxylation sites is 2. The van der Waals surface area contributed by atoms with Crippen LogP contribution in [-0.2, 0) is 11.3 Å². The largest absolute Gasteiger partial charge is 0.378 e. The summed E-state index contributed by atoms with van der Waals surface area (Å²) in [5.74, 6) is -0.0254. The van der Waals surface area contributed by atoms with Crippen molar-refractivity contribution in [3.8, 4) is 0 Å². The van der Waals surface area contributed by atoms with Crippen molar-refractivity contribution in [2.45, 2.75) is 13.5 Å². The number of carbonyl (C=O) groups excluding carboxylic acids is 1. The van der Waals surface area contributed by atoms with Crippen molar-refractivity contribution in [2.24, 2.45) is 0 Å². The third-order valence-electron chi connectivity index (χ3n) is 2.69. The zero-order chi connectivity index (χ0) is 13.8. The standard InChI is InChI=1S/C12H13ClN4OS/c1-8(18)17(2)11-6-4-3-5-9(11)14-7-10-12(13)19-16-15-10/h3-6,14H,7H2,1-2H3. The number of amides is 1. The Morgan fingerprint density at radius 2 is 2.21 bits per heavy atom. The molecule has 0 bridgehead atoms. The predicted octanol–water partition coefficient (Wildman–Crippen LogP) is 2.79. The van der Waals surface area contributed by atoms with Gasteiger partial charge in [-0.25, -0.2) is 0 Å². The zero-order valence-corrected chi connectivity index (χ0v) is 12.1. The van der Waals surface area contributed by atoms with Crippen molar-refractivity contribution >= 4 is 40.4 Å². The fourth-order valence-corrected chi connectivity index (χ4v) is 2.19. The molecule has 1 heterocycles. The molecule has 0 unspecified atom stereocenters. The van der Waals surface area contributed by atoms with E-state index in [1.807, 2.05) is 24.3 Å². The van der Waals surface area contributed by atoms with Gasteiger partial charge >= 0.3 is 0 Å². The van der Waals surface area contributed by atoms with Gasteiger partial charge in [-0.1, -0.05) is 28.2 Å². The summed E-state index contributed by atoms with van der Waals surface area (Å²) in [4.78, 5) is 13.0. The molecule has 0 saturated carbocycles. The van der Waals surface area contributed by atoms with Gasteiger partial charge in [0.25, 0.3) is 0 Å². The van der Waals surface area contributed by atoms with Crippen LogP contribution in [0.5, 0.6) is 0 Å². The van der Waals surface area contributed by atoms with Gasteiger partial charge in [0, 0.05) is 25.5 Å². The number of carbonyl (C=O) groups is 1. The first-order valence-corrected chi connectivity index (χ1v) is 6.78. The van der Waals surface area contributed by atoms with Crippen LogP contribution >= 0.6 is 23.1 Å². The van der Waals surface area contributed by atoms with E-state index in [9.17, 15) is 4.79 Å². The maximum Gasteiger partial charge on any atom is 0.223 e. The van der Waals surface area contributed by atoms with Gasteiger partial charge in [-0.3, -0.25) is 4.79 Å². The Hall–Kier alpha value is -1.66. The molecule has 5 nitrogen and oxygen atoms in total. The van der Waals surface area contributed by atoms with E-state index in [2.05, 4.69) is 14.9 Å². The fraction of sp³-hybridized carbons (Fsp3) is 0.250. The Morgan fingerprint density at radius 3 is 2.84 bits per heavy atom. The lowest BCUT2D eigenvalue weighted by molar-refractivity contribution is -0.116. The molecule has 0 radical (unpaired) electrons. The van der Waals surface area contributed by atoms with Crippen LogP contribution in [0.1, 0.15) is 12.6 Å². The quantitative estimate of drug-likeness (QED) is 0.942. The van der Waals surface area contributed by atoms with Gasteiger partial charge in [-0.15, -0.1) is 5.10 Å². The summed E-state index contributed by atoms with van der Waals surface area (Å²) in [6.07, 6.45) is 0. The second-order valence-corrected chi connectivity index (χ2v) is 5.30. The molecule has 0 atom stereocenters. The SMILES string of the molecule is CC(=O)N(C)c1ccccc1NCc1nnsc1Cl. The number of nitrogens with zero attached hydrogens (tertiary/aromatic N) is 3. The summed E-state index contributed by atoms with van der Waals surface area (Å²) in [5.41, 5.74) is 2.37. The van der Waals surface area contributed by atoms with Gasteiger partial charge < -0.3 is 10.2 Å². The highest BCUT2D eigenvalue weighted by Gasteiger charge is 2.11. The van der Waals surface area contributed by atoms with Crippen LogP contribution < -0.4 is 10.2 Å². The lowest BCUT2D eigenvalue weighted by Crippen LogP contribution is -2.23. The van der Waals surface area contributed by atoms with E-state index in [0.717, 1.165) is 22.9 Å². The fourth-order valence-electron chi connectivity index (χ4n) is 1.57. The number of aromatic nitrogens is 2. The van der Waals surface area contributed by atoms with Crippen LogP contribution in [0.2, 0.25) is 4.34 Å². The van der Waals surface area contributed by atoms with E-state index < -0.39 is 0 Å². The number of benzene rings is 1. The highest BCUT2D eigenvalue weighted by Crippen LogP contribution is 2.26. The monoisotopic (exact) mass is 296 g/mol. The van der Waals surface area contributed by atoms with E-state index in [1.165, 1.54) is 6.92 Å². The van der Waals surface area contributed by atoms with Gasteiger partial charge in [0.2, 0.25) is 5.91 Å². The van der Waals surface area contributed by atoms with Crippen molar-refractivity contribution < 1.29 is 4.79 Å². The summed E-state index contributed by atoms with van der Waals surface area (Å²) in [6.45, 7) is 2.00. The van der Waals surface area contributed by atoms with E-state index in [4.69, 9.17) is 11.6 Å². The molecule has 100 valence electrons. The first-order chi connectivity index (χ1) is 9.09. The second-order valence-electron chi connectivity index (χ2n) is 3.94. The molecule has 0 spiro atoms. The summed E-state index contributed by atoms with van der Waals surface area (Å²) >= 11 is 7.10. The molecule has 0 aliphatic rings. The first-order valence-electron chi connectivity index (χ1n) is 5.63. The number of rotatable bonds is 4. The van der Waals surface area contributed by atoms with E-state index in [0.29, 0.717) is 16.6 Å². The summed E-state index contributed by atoms with van der Waals surface area (Å²) < 4.78 is 4.35. The molecular weight excluding hydrogens is 284 g/mol. The van der Waals surface area contributed by atoms with Crippen molar-refractivity contribution in [3.63, 3.8) is 0 Å². The van der Waals surface area contributed by atoms with Crippen LogP contribution in [0.25, 0.3) is 0 Å². The Bertz CT molecular complexity index is 587.